The number of nitrogens with one attached hydrogen (secondary N) is 2. The number of rotatable bonds is 4. The molecule has 10 heteroatoms. The molecular weight excluding hydrogens is 349 g/mol. The van der Waals surface area contributed by atoms with Crippen molar-refractivity contribution >= 4 is 5.91 Å². The standard InChI is InChI=1S/C16H15F3N6O/c17-16(18,19)15-22-4-9(5-23-15)12-2-10(24-7-25-12)6-21-14(26)13-11-1-8(11)3-20-13/h2,4-5,7-8,11,13,20H,1,3,6H2,(H,21,26)/t8-,11-,13-/m0/s1. The van der Waals surface area contributed by atoms with Crippen LogP contribution in [0.4, 0.5) is 13.2 Å². The molecule has 2 fully saturated rings. The van der Waals surface area contributed by atoms with Crippen molar-refractivity contribution in [2.75, 3.05) is 6.54 Å². The SMILES string of the molecule is O=C(NCc1cc(-c2cnc(C(F)(F)F)nc2)ncn1)[C@H]1NC[C@@H]2C[C@@H]21. The van der Waals surface area contributed by atoms with E-state index >= 15 is 0 Å². The lowest BCUT2D eigenvalue weighted by molar-refractivity contribution is -0.145. The number of piperidine rings is 1. The molecule has 2 aliphatic rings. The van der Waals surface area contributed by atoms with Gasteiger partial charge >= 0.3 is 6.18 Å². The average Bonchev–Trinajstić information content (AvgIpc) is 3.29. The van der Waals surface area contributed by atoms with Crippen molar-refractivity contribution in [2.24, 2.45) is 11.8 Å². The highest BCUT2D eigenvalue weighted by Crippen LogP contribution is 2.45. The van der Waals surface area contributed by atoms with Crippen molar-refractivity contribution in [1.82, 2.24) is 30.6 Å². The molecule has 26 heavy (non-hydrogen) atoms. The van der Waals surface area contributed by atoms with Gasteiger partial charge in [0, 0.05) is 18.0 Å². The fourth-order valence-corrected chi connectivity index (χ4v) is 3.18. The summed E-state index contributed by atoms with van der Waals surface area (Å²) in [4.78, 5) is 27.0. The van der Waals surface area contributed by atoms with Gasteiger partial charge in [0.15, 0.2) is 0 Å². The van der Waals surface area contributed by atoms with Gasteiger partial charge in [-0.05, 0) is 30.9 Å². The number of aromatic nitrogens is 4. The first-order valence-corrected chi connectivity index (χ1v) is 8.13. The molecule has 136 valence electrons. The maximum Gasteiger partial charge on any atom is 0.451 e. The summed E-state index contributed by atoms with van der Waals surface area (Å²) in [5, 5.41) is 6.03. The molecular formula is C16H15F3N6O. The third-order valence-electron chi connectivity index (χ3n) is 4.66. The number of alkyl halides is 3. The molecule has 0 radical (unpaired) electrons. The summed E-state index contributed by atoms with van der Waals surface area (Å²) < 4.78 is 37.6. The Morgan fingerprint density at radius 3 is 2.62 bits per heavy atom. The fraction of sp³-hybridized carbons (Fsp3) is 0.438. The molecule has 3 atom stereocenters. The van der Waals surface area contributed by atoms with E-state index in [1.807, 2.05) is 0 Å². The molecule has 2 aromatic heterocycles. The van der Waals surface area contributed by atoms with E-state index < -0.39 is 12.0 Å². The summed E-state index contributed by atoms with van der Waals surface area (Å²) in [6.07, 6.45) is -0.0726. The largest absolute Gasteiger partial charge is 0.451 e. The Morgan fingerprint density at radius 2 is 2.00 bits per heavy atom. The first-order valence-electron chi connectivity index (χ1n) is 8.13. The van der Waals surface area contributed by atoms with Crippen molar-refractivity contribution in [2.45, 2.75) is 25.2 Å². The molecule has 4 rings (SSSR count). The van der Waals surface area contributed by atoms with Gasteiger partial charge in [0.2, 0.25) is 11.7 Å². The molecule has 2 N–H and O–H groups in total. The van der Waals surface area contributed by atoms with Gasteiger partial charge < -0.3 is 10.6 Å². The van der Waals surface area contributed by atoms with Crippen LogP contribution in [0.3, 0.4) is 0 Å². The van der Waals surface area contributed by atoms with Gasteiger partial charge in [0.05, 0.1) is 24.0 Å². The van der Waals surface area contributed by atoms with E-state index in [4.69, 9.17) is 0 Å². The topological polar surface area (TPSA) is 92.7 Å². The minimum Gasteiger partial charge on any atom is -0.349 e. The van der Waals surface area contributed by atoms with Crippen LogP contribution in [-0.2, 0) is 17.5 Å². The van der Waals surface area contributed by atoms with Crippen molar-refractivity contribution in [1.29, 1.82) is 0 Å². The van der Waals surface area contributed by atoms with Gasteiger partial charge in [-0.15, -0.1) is 0 Å². The van der Waals surface area contributed by atoms with E-state index in [1.54, 1.807) is 6.07 Å². The van der Waals surface area contributed by atoms with Crippen molar-refractivity contribution in [3.8, 4) is 11.3 Å². The zero-order valence-electron chi connectivity index (χ0n) is 13.5. The molecule has 1 amide bonds. The molecule has 3 heterocycles. The monoisotopic (exact) mass is 364 g/mol. The third-order valence-corrected chi connectivity index (χ3v) is 4.66. The van der Waals surface area contributed by atoms with Crippen LogP contribution in [0.2, 0.25) is 0 Å². The molecule has 0 unspecified atom stereocenters. The molecule has 1 saturated heterocycles. The number of halogens is 3. The molecule has 1 saturated carbocycles. The predicted octanol–water partition coefficient (Wildman–Crippen LogP) is 1.18. The number of fused-ring (bicyclic) bond motifs is 1. The molecule has 1 aliphatic heterocycles. The van der Waals surface area contributed by atoms with Crippen LogP contribution < -0.4 is 10.6 Å². The van der Waals surface area contributed by atoms with Crippen LogP contribution in [0, 0.1) is 11.8 Å². The summed E-state index contributed by atoms with van der Waals surface area (Å²) >= 11 is 0. The van der Waals surface area contributed by atoms with Gasteiger partial charge in [0.1, 0.15) is 6.33 Å². The zero-order chi connectivity index (χ0) is 18.3. The summed E-state index contributed by atoms with van der Waals surface area (Å²) in [6, 6.07) is 1.44. The summed E-state index contributed by atoms with van der Waals surface area (Å²) in [6.45, 7) is 1.10. The Labute approximate surface area is 146 Å². The Morgan fingerprint density at radius 1 is 1.23 bits per heavy atom. The van der Waals surface area contributed by atoms with Crippen LogP contribution in [0.25, 0.3) is 11.3 Å². The normalized spacial score (nSPS) is 24.2. The summed E-state index contributed by atoms with van der Waals surface area (Å²) in [5.41, 5.74) is 1.28. The molecule has 0 spiro atoms. The van der Waals surface area contributed by atoms with E-state index in [2.05, 4.69) is 30.6 Å². The number of nitrogens with zero attached hydrogens (tertiary/aromatic N) is 4. The number of amides is 1. The van der Waals surface area contributed by atoms with Crippen LogP contribution in [-0.4, -0.2) is 38.4 Å². The second kappa shape index (κ2) is 6.27. The minimum atomic E-state index is -4.59. The molecule has 7 nitrogen and oxygen atoms in total. The highest BCUT2D eigenvalue weighted by Gasteiger charge is 2.50. The first kappa shape index (κ1) is 16.8. The quantitative estimate of drug-likeness (QED) is 0.846. The van der Waals surface area contributed by atoms with Crippen LogP contribution in [0.15, 0.2) is 24.8 Å². The van der Waals surface area contributed by atoms with E-state index in [9.17, 15) is 18.0 Å². The second-order valence-corrected chi connectivity index (χ2v) is 6.45. The lowest BCUT2D eigenvalue weighted by Gasteiger charge is -2.13. The molecule has 0 aromatic carbocycles. The maximum absolute atomic E-state index is 12.5. The smallest absolute Gasteiger partial charge is 0.349 e. The average molecular weight is 364 g/mol. The van der Waals surface area contributed by atoms with Crippen molar-refractivity contribution < 1.29 is 18.0 Å². The molecule has 1 aliphatic carbocycles. The molecule has 0 bridgehead atoms. The third kappa shape index (κ3) is 3.36. The second-order valence-electron chi connectivity index (χ2n) is 6.45. The zero-order valence-corrected chi connectivity index (χ0v) is 13.5. The minimum absolute atomic E-state index is 0.0620. The van der Waals surface area contributed by atoms with Crippen LogP contribution >= 0.6 is 0 Å². The van der Waals surface area contributed by atoms with Gasteiger partial charge in [-0.3, -0.25) is 4.79 Å². The van der Waals surface area contributed by atoms with Crippen LogP contribution in [0.5, 0.6) is 0 Å². The Bertz CT molecular complexity index is 825. The maximum atomic E-state index is 12.5. The van der Waals surface area contributed by atoms with Gasteiger partial charge in [0.25, 0.3) is 0 Å². The van der Waals surface area contributed by atoms with Gasteiger partial charge in [-0.1, -0.05) is 0 Å². The van der Waals surface area contributed by atoms with Gasteiger partial charge in [-0.2, -0.15) is 13.2 Å². The number of carbonyl (C=O) groups excluding carboxylic acids is 1. The van der Waals surface area contributed by atoms with Crippen molar-refractivity contribution in [3.05, 3.63) is 36.3 Å². The number of carbonyl (C=O) groups is 1. The molecule has 2 aromatic rings. The van der Waals surface area contributed by atoms with E-state index in [0.29, 0.717) is 28.8 Å². The van der Waals surface area contributed by atoms with Crippen molar-refractivity contribution in [3.63, 3.8) is 0 Å². The van der Waals surface area contributed by atoms with Gasteiger partial charge in [-0.25, -0.2) is 19.9 Å². The number of hydrogen-bond donors (Lipinski definition) is 2. The predicted molar refractivity (Wildman–Crippen MR) is 83.3 cm³/mol. The van der Waals surface area contributed by atoms with E-state index in [-0.39, 0.29) is 18.5 Å². The van der Waals surface area contributed by atoms with E-state index in [1.165, 1.54) is 6.33 Å². The Kier molecular flexibility index (Phi) is 4.06. The highest BCUT2D eigenvalue weighted by molar-refractivity contribution is 5.83. The number of hydrogen-bond acceptors (Lipinski definition) is 6. The lowest BCUT2D eigenvalue weighted by atomic mass is 10.2. The summed E-state index contributed by atoms with van der Waals surface area (Å²) in [5.74, 6) is -0.213. The Hall–Kier alpha value is -2.62. The Balaban J connectivity index is 1.42. The highest BCUT2D eigenvalue weighted by atomic mass is 19.4. The fourth-order valence-electron chi connectivity index (χ4n) is 3.18. The first-order chi connectivity index (χ1) is 12.4. The van der Waals surface area contributed by atoms with E-state index in [0.717, 1.165) is 25.4 Å². The summed E-state index contributed by atoms with van der Waals surface area (Å²) in [7, 11) is 0. The lowest BCUT2D eigenvalue weighted by Crippen LogP contribution is -2.42. The van der Waals surface area contributed by atoms with Crippen LogP contribution in [0.1, 0.15) is 17.9 Å².